The first-order valence-corrected chi connectivity index (χ1v) is 7.98. The van der Waals surface area contributed by atoms with Crippen molar-refractivity contribution in [1.82, 2.24) is 24.5 Å². The van der Waals surface area contributed by atoms with E-state index in [9.17, 15) is 0 Å². The Labute approximate surface area is 130 Å². The summed E-state index contributed by atoms with van der Waals surface area (Å²) >= 11 is 7.48. The van der Waals surface area contributed by atoms with E-state index in [1.807, 2.05) is 5.51 Å². The van der Waals surface area contributed by atoms with Crippen LogP contribution in [0, 0.1) is 0 Å². The molecule has 0 aromatic carbocycles. The molecule has 0 spiro atoms. The molecule has 0 bridgehead atoms. The molecule has 0 saturated carbocycles. The minimum absolute atomic E-state index is 0.489. The molecule has 0 N–H and O–H groups in total. The van der Waals surface area contributed by atoms with Crippen LogP contribution in [0.2, 0.25) is 0 Å². The molecular weight excluding hydrogens is 310 g/mol. The Morgan fingerprint density at radius 1 is 1.29 bits per heavy atom. The number of aromatic nitrogens is 5. The number of imidazole rings is 1. The van der Waals surface area contributed by atoms with Crippen LogP contribution in [-0.2, 0) is 19.4 Å². The Morgan fingerprint density at radius 2 is 2.19 bits per heavy atom. The van der Waals surface area contributed by atoms with Gasteiger partial charge in [0, 0.05) is 30.6 Å². The minimum atomic E-state index is 0.489. The smallest absolute Gasteiger partial charge is 0.245 e. The van der Waals surface area contributed by atoms with Crippen molar-refractivity contribution >= 4 is 34.1 Å². The fraction of sp³-hybridized carbons (Fsp3) is 0.385. The van der Waals surface area contributed by atoms with Crippen molar-refractivity contribution in [2.45, 2.75) is 19.4 Å². The summed E-state index contributed by atoms with van der Waals surface area (Å²) < 4.78 is 7.32. The summed E-state index contributed by atoms with van der Waals surface area (Å²) in [5.41, 5.74) is 4.36. The van der Waals surface area contributed by atoms with Gasteiger partial charge in [-0.15, -0.1) is 22.9 Å². The third-order valence-electron chi connectivity index (χ3n) is 3.16. The molecule has 0 fully saturated rings. The zero-order chi connectivity index (χ0) is 14.7. The average Bonchev–Trinajstić information content (AvgIpc) is 3.12. The van der Waals surface area contributed by atoms with Gasteiger partial charge in [-0.3, -0.25) is 0 Å². The van der Waals surface area contributed by atoms with Gasteiger partial charge in [0.1, 0.15) is 12.2 Å². The lowest BCUT2D eigenvalue weighted by Gasteiger charge is -2.06. The van der Waals surface area contributed by atoms with Crippen molar-refractivity contribution in [1.29, 1.82) is 0 Å². The number of hydrogen-bond donors (Lipinski definition) is 0. The summed E-state index contributed by atoms with van der Waals surface area (Å²) in [4.78, 5) is 17.3. The first-order valence-electron chi connectivity index (χ1n) is 6.50. The predicted octanol–water partition coefficient (Wildman–Crippen LogP) is 2.32. The third-order valence-corrected chi connectivity index (χ3v) is 3.99. The second-order valence-corrected chi connectivity index (χ2v) is 5.50. The van der Waals surface area contributed by atoms with Gasteiger partial charge in [0.15, 0.2) is 11.2 Å². The maximum atomic E-state index is 5.88. The second-order valence-electron chi connectivity index (χ2n) is 4.40. The van der Waals surface area contributed by atoms with Gasteiger partial charge < -0.3 is 9.30 Å². The van der Waals surface area contributed by atoms with E-state index in [1.165, 1.54) is 6.33 Å². The standard InChI is InChI=1S/C13H14ClN5OS/c1-20-13-11-12(15-7-16-13)19(10(18-11)2-4-14)5-3-9-6-21-8-17-9/h6-8H,2-5H2,1H3. The van der Waals surface area contributed by atoms with Crippen molar-refractivity contribution in [2.75, 3.05) is 13.0 Å². The highest BCUT2D eigenvalue weighted by atomic mass is 35.5. The zero-order valence-corrected chi connectivity index (χ0v) is 13.1. The normalized spacial score (nSPS) is 11.1. The number of nitrogens with zero attached hydrogens (tertiary/aromatic N) is 5. The highest BCUT2D eigenvalue weighted by molar-refractivity contribution is 7.07. The lowest BCUT2D eigenvalue weighted by atomic mass is 10.3. The number of methoxy groups -OCH3 is 1. The SMILES string of the molecule is COc1ncnc2c1nc(CCCl)n2CCc1cscn1. The van der Waals surface area contributed by atoms with Crippen LogP contribution in [0.25, 0.3) is 11.2 Å². The quantitative estimate of drug-likeness (QED) is 0.651. The van der Waals surface area contributed by atoms with Crippen molar-refractivity contribution in [3.8, 4) is 5.88 Å². The van der Waals surface area contributed by atoms with E-state index in [4.69, 9.17) is 16.3 Å². The van der Waals surface area contributed by atoms with Crippen LogP contribution in [-0.4, -0.2) is 37.5 Å². The molecule has 21 heavy (non-hydrogen) atoms. The summed E-state index contributed by atoms with van der Waals surface area (Å²) in [5.74, 6) is 1.90. The molecular formula is C13H14ClN5OS. The molecule has 0 radical (unpaired) electrons. The monoisotopic (exact) mass is 323 g/mol. The molecule has 3 rings (SSSR count). The fourth-order valence-corrected chi connectivity index (χ4v) is 2.97. The number of alkyl halides is 1. The van der Waals surface area contributed by atoms with E-state index >= 15 is 0 Å². The van der Waals surface area contributed by atoms with Crippen molar-refractivity contribution in [3.05, 3.63) is 28.7 Å². The molecule has 6 nitrogen and oxygen atoms in total. The molecule has 8 heteroatoms. The number of ether oxygens (including phenoxy) is 1. The largest absolute Gasteiger partial charge is 0.479 e. The van der Waals surface area contributed by atoms with Gasteiger partial charge in [-0.05, 0) is 0 Å². The number of aryl methyl sites for hydroxylation is 3. The van der Waals surface area contributed by atoms with E-state index in [1.54, 1.807) is 18.4 Å². The molecule has 0 aliphatic carbocycles. The van der Waals surface area contributed by atoms with E-state index in [0.717, 1.165) is 30.1 Å². The predicted molar refractivity (Wildman–Crippen MR) is 82.1 cm³/mol. The summed E-state index contributed by atoms with van der Waals surface area (Å²) in [6, 6.07) is 0. The van der Waals surface area contributed by atoms with Crippen molar-refractivity contribution in [2.24, 2.45) is 0 Å². The lowest BCUT2D eigenvalue weighted by molar-refractivity contribution is 0.401. The van der Waals surface area contributed by atoms with Gasteiger partial charge in [0.2, 0.25) is 5.88 Å². The summed E-state index contributed by atoms with van der Waals surface area (Å²) in [5, 5.41) is 2.05. The number of rotatable bonds is 6. The van der Waals surface area contributed by atoms with Crippen LogP contribution in [0.1, 0.15) is 11.5 Å². The molecule has 0 aliphatic rings. The number of fused-ring (bicyclic) bond motifs is 1. The van der Waals surface area contributed by atoms with E-state index in [-0.39, 0.29) is 0 Å². The fourth-order valence-electron chi connectivity index (χ4n) is 2.21. The summed E-state index contributed by atoms with van der Waals surface area (Å²) in [7, 11) is 1.58. The summed E-state index contributed by atoms with van der Waals surface area (Å²) in [6.45, 7) is 0.757. The molecule has 0 amide bonds. The molecule has 3 aromatic heterocycles. The molecule has 0 unspecified atom stereocenters. The molecule has 0 atom stereocenters. The molecule has 3 aromatic rings. The Balaban J connectivity index is 1.99. The van der Waals surface area contributed by atoms with Crippen LogP contribution in [0.4, 0.5) is 0 Å². The Morgan fingerprint density at radius 3 is 2.90 bits per heavy atom. The van der Waals surface area contributed by atoms with Crippen LogP contribution >= 0.6 is 22.9 Å². The molecule has 0 aliphatic heterocycles. The molecule has 0 saturated heterocycles. The lowest BCUT2D eigenvalue weighted by Crippen LogP contribution is -2.08. The van der Waals surface area contributed by atoms with Gasteiger partial charge in [-0.25, -0.2) is 15.0 Å². The third kappa shape index (κ3) is 2.84. The number of halogens is 1. The topological polar surface area (TPSA) is 65.7 Å². The minimum Gasteiger partial charge on any atom is -0.479 e. The number of hydrogen-bond acceptors (Lipinski definition) is 6. The number of thiazole rings is 1. The maximum absolute atomic E-state index is 5.88. The van der Waals surface area contributed by atoms with E-state index < -0.39 is 0 Å². The first kappa shape index (κ1) is 14.2. The van der Waals surface area contributed by atoms with Gasteiger partial charge in [0.25, 0.3) is 0 Å². The molecule has 3 heterocycles. The average molecular weight is 324 g/mol. The zero-order valence-electron chi connectivity index (χ0n) is 11.5. The second kappa shape index (κ2) is 6.36. The van der Waals surface area contributed by atoms with Crippen LogP contribution < -0.4 is 4.74 Å². The maximum Gasteiger partial charge on any atom is 0.245 e. The van der Waals surface area contributed by atoms with Crippen molar-refractivity contribution < 1.29 is 4.74 Å². The van der Waals surface area contributed by atoms with Gasteiger partial charge in [-0.2, -0.15) is 4.98 Å². The highest BCUT2D eigenvalue weighted by Crippen LogP contribution is 2.22. The van der Waals surface area contributed by atoms with Gasteiger partial charge in [0.05, 0.1) is 18.3 Å². The first-order chi connectivity index (χ1) is 10.3. The molecule has 110 valence electrons. The van der Waals surface area contributed by atoms with E-state index in [0.29, 0.717) is 23.7 Å². The van der Waals surface area contributed by atoms with Gasteiger partial charge in [-0.1, -0.05) is 0 Å². The summed E-state index contributed by atoms with van der Waals surface area (Å²) in [6.07, 6.45) is 3.00. The Bertz CT molecular complexity index is 728. The Kier molecular flexibility index (Phi) is 4.31. The van der Waals surface area contributed by atoms with Crippen molar-refractivity contribution in [3.63, 3.8) is 0 Å². The van der Waals surface area contributed by atoms with Crippen LogP contribution in [0.3, 0.4) is 0 Å². The highest BCUT2D eigenvalue weighted by Gasteiger charge is 2.16. The van der Waals surface area contributed by atoms with Crippen LogP contribution in [0.5, 0.6) is 5.88 Å². The van der Waals surface area contributed by atoms with E-state index in [2.05, 4.69) is 29.9 Å². The van der Waals surface area contributed by atoms with Gasteiger partial charge >= 0.3 is 0 Å². The van der Waals surface area contributed by atoms with Crippen LogP contribution in [0.15, 0.2) is 17.2 Å². The Hall–Kier alpha value is -1.73.